The second-order valence-electron chi connectivity index (χ2n) is 4.14. The van der Waals surface area contributed by atoms with Crippen molar-refractivity contribution in [1.29, 1.82) is 0 Å². The first-order chi connectivity index (χ1) is 8.75. The van der Waals surface area contributed by atoms with Gasteiger partial charge in [-0.15, -0.1) is 0 Å². The Labute approximate surface area is 110 Å². The van der Waals surface area contributed by atoms with E-state index in [0.717, 1.165) is 26.1 Å². The van der Waals surface area contributed by atoms with Crippen LogP contribution in [0.2, 0.25) is 0 Å². The number of rotatable bonds is 4. The Balaban J connectivity index is 1.76. The molecule has 0 spiro atoms. The van der Waals surface area contributed by atoms with Crippen molar-refractivity contribution >= 4 is 23.4 Å². The van der Waals surface area contributed by atoms with Crippen LogP contribution in [0.1, 0.15) is 12.8 Å². The van der Waals surface area contributed by atoms with Crippen LogP contribution in [0.4, 0.5) is 5.69 Å². The lowest BCUT2D eigenvalue weighted by Crippen LogP contribution is -2.39. The molecule has 1 saturated heterocycles. The summed E-state index contributed by atoms with van der Waals surface area (Å²) in [6.07, 6.45) is 3.46. The normalized spacial score (nSPS) is 16.4. The van der Waals surface area contributed by atoms with Crippen LogP contribution in [0.5, 0.6) is 0 Å². The molecular formula is C12H17N3O2S. The molecule has 1 aliphatic rings. The number of nitrogens with two attached hydrogens (primary N) is 1. The third-order valence-electron chi connectivity index (χ3n) is 2.73. The topological polar surface area (TPSA) is 77.2 Å². The van der Waals surface area contributed by atoms with Crippen molar-refractivity contribution in [3.05, 3.63) is 18.3 Å². The van der Waals surface area contributed by atoms with E-state index >= 15 is 0 Å². The summed E-state index contributed by atoms with van der Waals surface area (Å²) in [5.74, 6) is 0.371. The number of aromatic nitrogens is 1. The van der Waals surface area contributed by atoms with E-state index in [9.17, 15) is 4.79 Å². The molecule has 18 heavy (non-hydrogen) atoms. The zero-order valence-electron chi connectivity index (χ0n) is 10.1. The molecule has 0 aromatic carbocycles. The van der Waals surface area contributed by atoms with Crippen molar-refractivity contribution in [2.75, 3.05) is 24.7 Å². The molecule has 6 heteroatoms. The molecule has 0 unspecified atom stereocenters. The van der Waals surface area contributed by atoms with Crippen LogP contribution in [-0.4, -0.2) is 35.9 Å². The number of nitrogens with zero attached hydrogens (tertiary/aromatic N) is 1. The summed E-state index contributed by atoms with van der Waals surface area (Å²) < 4.78 is 5.24. The molecule has 5 nitrogen and oxygen atoms in total. The van der Waals surface area contributed by atoms with E-state index in [-0.39, 0.29) is 11.9 Å². The van der Waals surface area contributed by atoms with Crippen molar-refractivity contribution in [3.8, 4) is 0 Å². The van der Waals surface area contributed by atoms with Gasteiger partial charge in [0.25, 0.3) is 0 Å². The number of thioether (sulfide) groups is 1. The minimum absolute atomic E-state index is 0.0250. The molecule has 0 bridgehead atoms. The van der Waals surface area contributed by atoms with Gasteiger partial charge in [0.1, 0.15) is 5.03 Å². The Morgan fingerprint density at radius 1 is 1.56 bits per heavy atom. The van der Waals surface area contributed by atoms with Crippen molar-refractivity contribution in [2.45, 2.75) is 23.9 Å². The van der Waals surface area contributed by atoms with Crippen molar-refractivity contribution in [3.63, 3.8) is 0 Å². The Morgan fingerprint density at radius 2 is 2.33 bits per heavy atom. The summed E-state index contributed by atoms with van der Waals surface area (Å²) in [7, 11) is 0. The van der Waals surface area contributed by atoms with Crippen LogP contribution in [0.15, 0.2) is 23.4 Å². The van der Waals surface area contributed by atoms with Gasteiger partial charge in [0, 0.05) is 25.5 Å². The van der Waals surface area contributed by atoms with E-state index in [0.29, 0.717) is 16.5 Å². The van der Waals surface area contributed by atoms with E-state index in [1.165, 1.54) is 11.8 Å². The van der Waals surface area contributed by atoms with Crippen molar-refractivity contribution in [1.82, 2.24) is 10.3 Å². The average molecular weight is 267 g/mol. The van der Waals surface area contributed by atoms with Crippen LogP contribution in [-0.2, 0) is 9.53 Å². The van der Waals surface area contributed by atoms with Gasteiger partial charge in [-0.25, -0.2) is 4.98 Å². The minimum atomic E-state index is 0.0250. The van der Waals surface area contributed by atoms with Crippen molar-refractivity contribution in [2.24, 2.45) is 0 Å². The molecule has 1 aliphatic heterocycles. The third-order valence-corrected chi connectivity index (χ3v) is 3.75. The number of hydrogen-bond donors (Lipinski definition) is 2. The fourth-order valence-electron chi connectivity index (χ4n) is 1.77. The van der Waals surface area contributed by atoms with E-state index < -0.39 is 0 Å². The molecule has 0 radical (unpaired) electrons. The molecule has 0 aliphatic carbocycles. The molecule has 0 saturated carbocycles. The number of nitrogen functional groups attached to an aromatic ring is 1. The smallest absolute Gasteiger partial charge is 0.230 e. The van der Waals surface area contributed by atoms with Gasteiger partial charge in [0.15, 0.2) is 0 Å². The highest BCUT2D eigenvalue weighted by Gasteiger charge is 2.16. The van der Waals surface area contributed by atoms with Crippen LogP contribution < -0.4 is 11.1 Å². The lowest BCUT2D eigenvalue weighted by Gasteiger charge is -2.22. The minimum Gasteiger partial charge on any atom is -0.397 e. The van der Waals surface area contributed by atoms with Gasteiger partial charge < -0.3 is 15.8 Å². The molecule has 0 atom stereocenters. The summed E-state index contributed by atoms with van der Waals surface area (Å²) in [5, 5.41) is 3.71. The third kappa shape index (κ3) is 3.89. The van der Waals surface area contributed by atoms with Crippen LogP contribution in [0.3, 0.4) is 0 Å². The largest absolute Gasteiger partial charge is 0.397 e. The van der Waals surface area contributed by atoms with E-state index in [1.807, 2.05) is 0 Å². The first-order valence-electron chi connectivity index (χ1n) is 5.96. The Bertz CT molecular complexity index is 408. The van der Waals surface area contributed by atoms with Crippen LogP contribution in [0.25, 0.3) is 0 Å². The first kappa shape index (κ1) is 13.2. The number of carbonyl (C=O) groups excluding carboxylic acids is 1. The van der Waals surface area contributed by atoms with Gasteiger partial charge in [0.2, 0.25) is 5.91 Å². The summed E-state index contributed by atoms with van der Waals surface area (Å²) in [6.45, 7) is 1.45. The molecule has 2 rings (SSSR count). The predicted molar refractivity (Wildman–Crippen MR) is 71.4 cm³/mol. The number of pyridine rings is 1. The number of amides is 1. The highest BCUT2D eigenvalue weighted by Crippen LogP contribution is 2.21. The summed E-state index contributed by atoms with van der Waals surface area (Å²) in [5.41, 5.74) is 6.37. The predicted octanol–water partition coefficient (Wildman–Crippen LogP) is 1.05. The number of carbonyl (C=O) groups is 1. The number of nitrogens with one attached hydrogen (secondary N) is 1. The van der Waals surface area contributed by atoms with E-state index in [4.69, 9.17) is 10.5 Å². The molecule has 3 N–H and O–H groups in total. The Morgan fingerprint density at radius 3 is 3.06 bits per heavy atom. The van der Waals surface area contributed by atoms with Gasteiger partial charge in [-0.05, 0) is 25.0 Å². The Hall–Kier alpha value is -1.27. The van der Waals surface area contributed by atoms with Crippen LogP contribution >= 0.6 is 11.8 Å². The molecule has 1 aromatic rings. The molecular weight excluding hydrogens is 250 g/mol. The SMILES string of the molecule is Nc1cccnc1SCC(=O)NC1CCOCC1. The van der Waals surface area contributed by atoms with E-state index in [1.54, 1.807) is 18.3 Å². The van der Waals surface area contributed by atoms with Gasteiger partial charge in [-0.1, -0.05) is 11.8 Å². The quantitative estimate of drug-likeness (QED) is 0.797. The van der Waals surface area contributed by atoms with Crippen molar-refractivity contribution < 1.29 is 9.53 Å². The molecule has 1 fully saturated rings. The number of hydrogen-bond acceptors (Lipinski definition) is 5. The maximum absolute atomic E-state index is 11.8. The lowest BCUT2D eigenvalue weighted by atomic mass is 10.1. The summed E-state index contributed by atoms with van der Waals surface area (Å²) in [6, 6.07) is 3.81. The van der Waals surface area contributed by atoms with Gasteiger partial charge in [-0.3, -0.25) is 4.79 Å². The highest BCUT2D eigenvalue weighted by atomic mass is 32.2. The standard InChI is InChI=1S/C12H17N3O2S/c13-10-2-1-5-14-12(10)18-8-11(16)15-9-3-6-17-7-4-9/h1-2,5,9H,3-4,6-8,13H2,(H,15,16). The lowest BCUT2D eigenvalue weighted by molar-refractivity contribution is -0.119. The monoisotopic (exact) mass is 267 g/mol. The maximum Gasteiger partial charge on any atom is 0.230 e. The summed E-state index contributed by atoms with van der Waals surface area (Å²) >= 11 is 1.36. The fraction of sp³-hybridized carbons (Fsp3) is 0.500. The molecule has 2 heterocycles. The van der Waals surface area contributed by atoms with Gasteiger partial charge in [-0.2, -0.15) is 0 Å². The maximum atomic E-state index is 11.8. The fourth-order valence-corrected chi connectivity index (χ4v) is 2.49. The van der Waals surface area contributed by atoms with Gasteiger partial charge >= 0.3 is 0 Å². The molecule has 1 aromatic heterocycles. The highest BCUT2D eigenvalue weighted by molar-refractivity contribution is 8.00. The second-order valence-corrected chi connectivity index (χ2v) is 5.10. The van der Waals surface area contributed by atoms with Crippen LogP contribution in [0, 0.1) is 0 Å². The Kier molecular flexibility index (Phi) is 4.83. The average Bonchev–Trinajstić information content (AvgIpc) is 2.39. The zero-order valence-corrected chi connectivity index (χ0v) is 10.9. The van der Waals surface area contributed by atoms with E-state index in [2.05, 4.69) is 10.3 Å². The second kappa shape index (κ2) is 6.61. The van der Waals surface area contributed by atoms with Gasteiger partial charge in [0.05, 0.1) is 11.4 Å². The number of ether oxygens (including phenoxy) is 1. The summed E-state index contributed by atoms with van der Waals surface area (Å²) in [4.78, 5) is 15.9. The number of anilines is 1. The first-order valence-corrected chi connectivity index (χ1v) is 6.94. The molecule has 98 valence electrons. The molecule has 1 amide bonds. The zero-order chi connectivity index (χ0) is 12.8.